The van der Waals surface area contributed by atoms with Gasteiger partial charge in [-0.15, -0.1) is 12.4 Å². The lowest BCUT2D eigenvalue weighted by Gasteiger charge is -2.61. The number of nitrogens with one attached hydrogen (secondary N) is 1. The number of carbonyl (C=O) groups excluding carboxylic acids is 1. The molecule has 5 heteroatoms. The van der Waals surface area contributed by atoms with Gasteiger partial charge in [0.05, 0.1) is 11.7 Å². The molecule has 2 bridgehead atoms. The Kier molecular flexibility index (Phi) is 2.84. The molecule has 0 amide bonds. The van der Waals surface area contributed by atoms with Gasteiger partial charge in [-0.1, -0.05) is 0 Å². The molecule has 5 aliphatic rings. The summed E-state index contributed by atoms with van der Waals surface area (Å²) < 4.78 is 2.12. The van der Waals surface area contributed by atoms with Gasteiger partial charge in [0.1, 0.15) is 5.69 Å². The fraction of sp³-hybridized carbons (Fsp3) is 0.750. The fourth-order valence-electron chi connectivity index (χ4n) is 5.06. The quantitative estimate of drug-likeness (QED) is 0.866. The molecular weight excluding hydrogens is 286 g/mol. The van der Waals surface area contributed by atoms with E-state index in [1.165, 1.54) is 24.8 Å². The number of aromatic nitrogens is 2. The summed E-state index contributed by atoms with van der Waals surface area (Å²) in [6.07, 6.45) is 9.84. The molecule has 0 atom stereocenters. The molecule has 6 rings (SSSR count). The van der Waals surface area contributed by atoms with E-state index >= 15 is 0 Å². The van der Waals surface area contributed by atoms with Crippen molar-refractivity contribution in [1.82, 2.24) is 15.1 Å². The molecule has 4 aliphatic carbocycles. The van der Waals surface area contributed by atoms with Crippen LogP contribution in [0, 0.1) is 11.3 Å². The first-order valence-electron chi connectivity index (χ1n) is 8.01. The maximum atomic E-state index is 12.8. The van der Waals surface area contributed by atoms with E-state index in [4.69, 9.17) is 0 Å². The number of halogens is 1. The highest BCUT2D eigenvalue weighted by molar-refractivity contribution is 5.97. The standard InChI is InChI=1S/C16H21N3O.ClH/c20-13-9-15(1-3-17-4-2-15)8-12-10-18-19(14(12)13)16-5-11(6-16)7-16;/h10-11,17H,1-9H2;1H. The summed E-state index contributed by atoms with van der Waals surface area (Å²) in [5.74, 6) is 1.28. The minimum absolute atomic E-state index is 0. The van der Waals surface area contributed by atoms with Gasteiger partial charge in [0.15, 0.2) is 5.78 Å². The van der Waals surface area contributed by atoms with Gasteiger partial charge in [-0.3, -0.25) is 9.48 Å². The predicted octanol–water partition coefficient (Wildman–Crippen LogP) is 2.31. The van der Waals surface area contributed by atoms with Crippen LogP contribution in [0.2, 0.25) is 0 Å². The van der Waals surface area contributed by atoms with Crippen molar-refractivity contribution >= 4 is 18.2 Å². The first-order chi connectivity index (χ1) is 9.70. The van der Waals surface area contributed by atoms with Gasteiger partial charge in [-0.2, -0.15) is 5.10 Å². The Bertz CT molecular complexity index is 586. The van der Waals surface area contributed by atoms with Crippen LogP contribution >= 0.6 is 12.4 Å². The lowest BCUT2D eigenvalue weighted by Crippen LogP contribution is -2.60. The minimum Gasteiger partial charge on any atom is -0.317 e. The van der Waals surface area contributed by atoms with Gasteiger partial charge in [0, 0.05) is 12.0 Å². The highest BCUT2D eigenvalue weighted by Gasteiger charge is 2.60. The van der Waals surface area contributed by atoms with Crippen LogP contribution in [-0.2, 0) is 12.0 Å². The molecule has 21 heavy (non-hydrogen) atoms. The molecule has 1 aromatic heterocycles. The Morgan fingerprint density at radius 3 is 2.52 bits per heavy atom. The number of carbonyl (C=O) groups is 1. The number of Topliss-reactive ketones (excluding diaryl/α,β-unsaturated/α-hetero) is 1. The van der Waals surface area contributed by atoms with Crippen molar-refractivity contribution in [3.8, 4) is 0 Å². The molecule has 4 nitrogen and oxygen atoms in total. The SMILES string of the molecule is Cl.O=C1CC2(CCNCC2)Cc2cnn(C34CC(C3)C4)c21. The van der Waals surface area contributed by atoms with Gasteiger partial charge in [0.2, 0.25) is 0 Å². The lowest BCUT2D eigenvalue weighted by molar-refractivity contribution is -0.0990. The minimum atomic E-state index is 0. The largest absolute Gasteiger partial charge is 0.317 e. The lowest BCUT2D eigenvalue weighted by atomic mass is 9.50. The molecule has 1 aliphatic heterocycles. The van der Waals surface area contributed by atoms with E-state index in [2.05, 4.69) is 15.1 Å². The van der Waals surface area contributed by atoms with Crippen LogP contribution in [0.4, 0.5) is 0 Å². The third-order valence-corrected chi connectivity index (χ3v) is 6.33. The Morgan fingerprint density at radius 1 is 1.19 bits per heavy atom. The van der Waals surface area contributed by atoms with Gasteiger partial charge in [-0.05, 0) is 62.9 Å². The van der Waals surface area contributed by atoms with Gasteiger partial charge in [0.25, 0.3) is 0 Å². The summed E-state index contributed by atoms with van der Waals surface area (Å²) in [5.41, 5.74) is 2.66. The van der Waals surface area contributed by atoms with Crippen LogP contribution in [0.1, 0.15) is 54.6 Å². The maximum Gasteiger partial charge on any atom is 0.181 e. The van der Waals surface area contributed by atoms with Crippen molar-refractivity contribution < 1.29 is 4.79 Å². The molecule has 2 heterocycles. The van der Waals surface area contributed by atoms with Crippen molar-refractivity contribution in [2.75, 3.05) is 13.1 Å². The summed E-state index contributed by atoms with van der Waals surface area (Å²) >= 11 is 0. The molecule has 0 radical (unpaired) electrons. The zero-order valence-corrected chi connectivity index (χ0v) is 13.0. The van der Waals surface area contributed by atoms with E-state index in [1.807, 2.05) is 6.20 Å². The Balaban J connectivity index is 0.00000115. The van der Waals surface area contributed by atoms with Gasteiger partial charge < -0.3 is 5.32 Å². The van der Waals surface area contributed by atoms with Crippen molar-refractivity contribution in [1.29, 1.82) is 0 Å². The van der Waals surface area contributed by atoms with Crippen LogP contribution in [-0.4, -0.2) is 28.7 Å². The van der Waals surface area contributed by atoms with Crippen LogP contribution in [0.3, 0.4) is 0 Å². The van der Waals surface area contributed by atoms with E-state index in [1.54, 1.807) is 0 Å². The fourth-order valence-corrected chi connectivity index (χ4v) is 5.06. The summed E-state index contributed by atoms with van der Waals surface area (Å²) in [6.45, 7) is 2.12. The molecule has 1 aromatic rings. The van der Waals surface area contributed by atoms with Gasteiger partial charge in [-0.25, -0.2) is 0 Å². The summed E-state index contributed by atoms with van der Waals surface area (Å²) in [5, 5.41) is 8.06. The van der Waals surface area contributed by atoms with Crippen molar-refractivity contribution in [3.63, 3.8) is 0 Å². The summed E-state index contributed by atoms with van der Waals surface area (Å²) in [4.78, 5) is 12.8. The molecule has 3 saturated carbocycles. The molecular formula is C16H22ClN3O. The number of piperidine rings is 1. The average Bonchev–Trinajstić information content (AvgIpc) is 2.70. The first kappa shape index (κ1) is 13.8. The average molecular weight is 308 g/mol. The molecule has 1 spiro atoms. The number of nitrogens with zero attached hydrogens (tertiary/aromatic N) is 2. The summed E-state index contributed by atoms with van der Waals surface area (Å²) in [6, 6.07) is 0. The first-order valence-corrected chi connectivity index (χ1v) is 8.01. The van der Waals surface area contributed by atoms with Crippen LogP contribution in [0.15, 0.2) is 6.20 Å². The van der Waals surface area contributed by atoms with E-state index in [-0.39, 0.29) is 23.4 Å². The van der Waals surface area contributed by atoms with E-state index in [0.717, 1.165) is 50.4 Å². The second kappa shape index (κ2) is 4.32. The third kappa shape index (κ3) is 1.72. The molecule has 1 N–H and O–H groups in total. The number of fused-ring (bicyclic) bond motifs is 1. The van der Waals surface area contributed by atoms with E-state index < -0.39 is 0 Å². The van der Waals surface area contributed by atoms with Crippen molar-refractivity contribution in [2.24, 2.45) is 11.3 Å². The van der Waals surface area contributed by atoms with E-state index in [9.17, 15) is 4.79 Å². The van der Waals surface area contributed by atoms with Crippen LogP contribution in [0.5, 0.6) is 0 Å². The smallest absolute Gasteiger partial charge is 0.181 e. The highest BCUT2D eigenvalue weighted by Crippen LogP contribution is 2.62. The zero-order valence-electron chi connectivity index (χ0n) is 12.2. The molecule has 4 fully saturated rings. The third-order valence-electron chi connectivity index (χ3n) is 6.33. The summed E-state index contributed by atoms with van der Waals surface area (Å²) in [7, 11) is 0. The van der Waals surface area contributed by atoms with Crippen LogP contribution in [0.25, 0.3) is 0 Å². The topological polar surface area (TPSA) is 46.9 Å². The Labute approximate surface area is 131 Å². The molecule has 1 saturated heterocycles. The predicted molar refractivity (Wildman–Crippen MR) is 82.0 cm³/mol. The Morgan fingerprint density at radius 2 is 1.90 bits per heavy atom. The van der Waals surface area contributed by atoms with Gasteiger partial charge >= 0.3 is 0 Å². The molecule has 0 unspecified atom stereocenters. The number of hydrogen-bond acceptors (Lipinski definition) is 3. The number of rotatable bonds is 1. The second-order valence-corrected chi connectivity index (χ2v) is 7.66. The number of hydrogen-bond donors (Lipinski definition) is 1. The van der Waals surface area contributed by atoms with Crippen molar-refractivity contribution in [3.05, 3.63) is 17.5 Å². The molecule has 0 aromatic carbocycles. The Hall–Kier alpha value is -0.870. The molecule has 114 valence electrons. The van der Waals surface area contributed by atoms with Crippen molar-refractivity contribution in [2.45, 2.75) is 50.5 Å². The number of ketones is 1. The highest BCUT2D eigenvalue weighted by atomic mass is 35.5. The second-order valence-electron chi connectivity index (χ2n) is 7.66. The van der Waals surface area contributed by atoms with E-state index in [0.29, 0.717) is 5.78 Å². The maximum absolute atomic E-state index is 12.8. The zero-order chi connectivity index (χ0) is 13.4. The normalized spacial score (nSPS) is 35.4. The monoisotopic (exact) mass is 307 g/mol. The van der Waals surface area contributed by atoms with Crippen LogP contribution < -0.4 is 5.32 Å².